The summed E-state index contributed by atoms with van der Waals surface area (Å²) in [6, 6.07) is -0.164. The van der Waals surface area contributed by atoms with Crippen LogP contribution in [0.5, 0.6) is 0 Å². The Labute approximate surface area is 95.2 Å². The van der Waals surface area contributed by atoms with E-state index < -0.39 is 12.4 Å². The molecule has 0 radical (unpaired) electrons. The molecule has 1 saturated heterocycles. The minimum atomic E-state index is -1.19. The van der Waals surface area contributed by atoms with Crippen LogP contribution in [0.4, 0.5) is 0 Å². The summed E-state index contributed by atoms with van der Waals surface area (Å²) >= 11 is 0. The molecule has 0 spiro atoms. The molecule has 6 heteroatoms. The van der Waals surface area contributed by atoms with Crippen LogP contribution in [-0.2, 0) is 9.53 Å². The highest BCUT2D eigenvalue weighted by atomic mass is 16.6. The van der Waals surface area contributed by atoms with Crippen LogP contribution >= 0.6 is 0 Å². The van der Waals surface area contributed by atoms with Crippen molar-refractivity contribution < 1.29 is 19.7 Å². The van der Waals surface area contributed by atoms with Crippen LogP contribution < -0.4 is 5.32 Å². The zero-order chi connectivity index (χ0) is 12.3. The smallest absolute Gasteiger partial charge is 0.216 e. The molecule has 3 N–H and O–H groups in total. The van der Waals surface area contributed by atoms with Gasteiger partial charge in [-0.1, -0.05) is 0 Å². The van der Waals surface area contributed by atoms with Crippen molar-refractivity contribution in [2.45, 2.75) is 37.9 Å². The van der Waals surface area contributed by atoms with Crippen molar-refractivity contribution in [2.75, 3.05) is 20.6 Å². The molecule has 1 fully saturated rings. The molecule has 1 aliphatic rings. The van der Waals surface area contributed by atoms with Crippen LogP contribution in [0.1, 0.15) is 13.3 Å². The maximum atomic E-state index is 10.8. The number of nitrogens with zero attached hydrogens (tertiary/aromatic N) is 1. The summed E-state index contributed by atoms with van der Waals surface area (Å²) in [7, 11) is 3.67. The molecule has 0 aromatic carbocycles. The average Bonchev–Trinajstić information content (AvgIpc) is 2.19. The van der Waals surface area contributed by atoms with Gasteiger partial charge < -0.3 is 25.2 Å². The van der Waals surface area contributed by atoms with E-state index in [1.807, 2.05) is 19.0 Å². The molecule has 1 rings (SSSR count). The normalized spacial score (nSPS) is 35.1. The Morgan fingerprint density at radius 3 is 2.62 bits per heavy atom. The van der Waals surface area contributed by atoms with Gasteiger partial charge in [-0.3, -0.25) is 4.79 Å². The third-order valence-corrected chi connectivity index (χ3v) is 2.76. The van der Waals surface area contributed by atoms with E-state index in [2.05, 4.69) is 5.32 Å². The number of hydrogen-bond donors (Lipinski definition) is 3. The van der Waals surface area contributed by atoms with Gasteiger partial charge in [0.05, 0.1) is 6.10 Å². The summed E-state index contributed by atoms with van der Waals surface area (Å²) in [6.45, 7) is 1.78. The summed E-state index contributed by atoms with van der Waals surface area (Å²) < 4.78 is 5.19. The fraction of sp³-hybridized carbons (Fsp3) is 0.900. The van der Waals surface area contributed by atoms with E-state index in [9.17, 15) is 15.0 Å². The Morgan fingerprint density at radius 1 is 1.50 bits per heavy atom. The molecule has 6 nitrogen and oxygen atoms in total. The summed E-state index contributed by atoms with van der Waals surface area (Å²) in [5, 5.41) is 21.9. The van der Waals surface area contributed by atoms with Gasteiger partial charge in [0.1, 0.15) is 6.10 Å². The average molecular weight is 232 g/mol. The van der Waals surface area contributed by atoms with E-state index in [4.69, 9.17) is 4.74 Å². The van der Waals surface area contributed by atoms with Crippen molar-refractivity contribution in [3.8, 4) is 0 Å². The van der Waals surface area contributed by atoms with Gasteiger partial charge >= 0.3 is 0 Å². The fourth-order valence-corrected chi connectivity index (χ4v) is 1.84. The second-order valence-electron chi connectivity index (χ2n) is 4.34. The van der Waals surface area contributed by atoms with Crippen LogP contribution in [-0.4, -0.2) is 66.2 Å². The number of amides is 1. The van der Waals surface area contributed by atoms with Crippen molar-refractivity contribution >= 4 is 5.91 Å². The summed E-state index contributed by atoms with van der Waals surface area (Å²) in [5.41, 5.74) is 0. The molecule has 94 valence electrons. The largest absolute Gasteiger partial charge is 0.386 e. The Morgan fingerprint density at radius 2 is 2.12 bits per heavy atom. The predicted molar refractivity (Wildman–Crippen MR) is 57.7 cm³/mol. The molecule has 0 aromatic rings. The van der Waals surface area contributed by atoms with Gasteiger partial charge in [0.15, 0.2) is 6.29 Å². The number of ether oxygens (including phenoxy) is 1. The van der Waals surface area contributed by atoms with Gasteiger partial charge in [0, 0.05) is 19.5 Å². The van der Waals surface area contributed by atoms with Gasteiger partial charge in [-0.05, 0) is 20.5 Å². The van der Waals surface area contributed by atoms with Crippen LogP contribution in [0, 0.1) is 0 Å². The molecule has 2 unspecified atom stereocenters. The van der Waals surface area contributed by atoms with E-state index in [-0.39, 0.29) is 18.1 Å². The number of likely N-dealkylation sites (N-methyl/N-ethyl adjacent to an activating group) is 1. The molecule has 0 aliphatic carbocycles. The Bertz CT molecular complexity index is 247. The van der Waals surface area contributed by atoms with E-state index in [1.165, 1.54) is 6.92 Å². The first-order valence-corrected chi connectivity index (χ1v) is 5.34. The molecule has 0 aromatic heterocycles. The maximum Gasteiger partial charge on any atom is 0.216 e. The lowest BCUT2D eigenvalue weighted by atomic mass is 9.98. The number of aliphatic hydroxyl groups is 2. The minimum Gasteiger partial charge on any atom is -0.386 e. The molecule has 1 heterocycles. The van der Waals surface area contributed by atoms with Crippen LogP contribution in [0.3, 0.4) is 0 Å². The number of hydrogen-bond acceptors (Lipinski definition) is 5. The lowest BCUT2D eigenvalue weighted by Gasteiger charge is -2.40. The quantitative estimate of drug-likeness (QED) is 0.553. The van der Waals surface area contributed by atoms with Crippen molar-refractivity contribution in [1.82, 2.24) is 10.2 Å². The molecule has 1 amide bonds. The van der Waals surface area contributed by atoms with Gasteiger partial charge in [-0.2, -0.15) is 0 Å². The zero-order valence-electron chi connectivity index (χ0n) is 9.88. The van der Waals surface area contributed by atoms with E-state index in [0.717, 1.165) is 0 Å². The SMILES string of the molecule is CC(=O)NC[C@@H]1CC(N(C)C)C(O)[C@H](O)O1. The lowest BCUT2D eigenvalue weighted by molar-refractivity contribution is -0.232. The summed E-state index contributed by atoms with van der Waals surface area (Å²) in [4.78, 5) is 12.6. The molecule has 0 saturated carbocycles. The molecule has 0 bridgehead atoms. The zero-order valence-corrected chi connectivity index (χ0v) is 9.88. The third kappa shape index (κ3) is 3.41. The van der Waals surface area contributed by atoms with Crippen LogP contribution in [0.25, 0.3) is 0 Å². The fourth-order valence-electron chi connectivity index (χ4n) is 1.84. The van der Waals surface area contributed by atoms with E-state index in [0.29, 0.717) is 13.0 Å². The predicted octanol–water partition coefficient (Wildman–Crippen LogP) is -1.48. The molecule has 16 heavy (non-hydrogen) atoms. The highest BCUT2D eigenvalue weighted by molar-refractivity contribution is 5.72. The Kier molecular flexibility index (Phi) is 4.67. The monoisotopic (exact) mass is 232 g/mol. The second-order valence-corrected chi connectivity index (χ2v) is 4.34. The van der Waals surface area contributed by atoms with E-state index >= 15 is 0 Å². The molecular formula is C10H20N2O4. The van der Waals surface area contributed by atoms with Crippen molar-refractivity contribution in [1.29, 1.82) is 0 Å². The third-order valence-electron chi connectivity index (χ3n) is 2.76. The molecule has 1 aliphatic heterocycles. The van der Waals surface area contributed by atoms with E-state index in [1.54, 1.807) is 0 Å². The van der Waals surface area contributed by atoms with Crippen molar-refractivity contribution in [3.05, 3.63) is 0 Å². The van der Waals surface area contributed by atoms with Crippen molar-refractivity contribution in [2.24, 2.45) is 0 Å². The van der Waals surface area contributed by atoms with Gasteiger partial charge in [0.2, 0.25) is 5.91 Å². The Balaban J connectivity index is 2.53. The summed E-state index contributed by atoms with van der Waals surface area (Å²) in [5.74, 6) is -0.134. The lowest BCUT2D eigenvalue weighted by Crippen LogP contribution is -2.55. The van der Waals surface area contributed by atoms with Crippen LogP contribution in [0.15, 0.2) is 0 Å². The van der Waals surface area contributed by atoms with Gasteiger partial charge in [-0.25, -0.2) is 0 Å². The first-order valence-electron chi connectivity index (χ1n) is 5.34. The first-order chi connectivity index (χ1) is 7.41. The number of carbonyl (C=O) groups excluding carboxylic acids is 1. The van der Waals surface area contributed by atoms with Gasteiger partial charge in [-0.15, -0.1) is 0 Å². The van der Waals surface area contributed by atoms with Gasteiger partial charge in [0.25, 0.3) is 0 Å². The van der Waals surface area contributed by atoms with Crippen LogP contribution in [0.2, 0.25) is 0 Å². The second kappa shape index (κ2) is 5.58. The Hall–Kier alpha value is -0.690. The summed E-state index contributed by atoms with van der Waals surface area (Å²) in [6.07, 6.45) is -1.80. The maximum absolute atomic E-state index is 10.8. The minimum absolute atomic E-state index is 0.134. The van der Waals surface area contributed by atoms with Crippen molar-refractivity contribution in [3.63, 3.8) is 0 Å². The highest BCUT2D eigenvalue weighted by Gasteiger charge is 2.37. The standard InChI is InChI=1S/C10H20N2O4/c1-6(13)11-5-7-4-8(12(2)3)9(14)10(15)16-7/h7-10,14-15H,4-5H2,1-3H3,(H,11,13)/t7-,8?,9?,10+/m0/s1. The number of carbonyl (C=O) groups is 1. The molecular weight excluding hydrogens is 212 g/mol. The molecule has 4 atom stereocenters. The number of nitrogens with one attached hydrogen (secondary N) is 1. The highest BCUT2D eigenvalue weighted by Crippen LogP contribution is 2.21. The first kappa shape index (κ1) is 13.4. The number of aliphatic hydroxyl groups excluding tert-OH is 2. The topological polar surface area (TPSA) is 82.0 Å². The number of rotatable bonds is 3.